The minimum absolute atomic E-state index is 0.566. The zero-order valence-corrected chi connectivity index (χ0v) is 37.8. The van der Waals surface area contributed by atoms with Crippen molar-refractivity contribution in [2.45, 2.75) is 5.41 Å². The van der Waals surface area contributed by atoms with Crippen LogP contribution in [0.25, 0.3) is 72.2 Å². The SMILES string of the molecule is c1ccc(-c2cccc(N(c3ccc4c(c3)C(c3ccccc3)(c3ccccc3)c3ccccc3-4)c3cccc4c3cc(-c3ccccc3)n3nc(-c5ccccc5)c(-c5ccccc5)c43)c2)cc1. The van der Waals surface area contributed by atoms with Crippen LogP contribution in [0.2, 0.25) is 0 Å². The van der Waals surface area contributed by atoms with Crippen LogP contribution < -0.4 is 4.90 Å². The zero-order chi connectivity index (χ0) is 45.7. The third-order valence-electron chi connectivity index (χ3n) is 14.1. The number of aromatic nitrogens is 2. The molecule has 0 amide bonds. The molecule has 2 heterocycles. The van der Waals surface area contributed by atoms with Crippen LogP contribution in [0.15, 0.2) is 273 Å². The Morgan fingerprint density at radius 2 is 0.870 bits per heavy atom. The highest BCUT2D eigenvalue weighted by Gasteiger charge is 2.46. The summed E-state index contributed by atoms with van der Waals surface area (Å²) in [5, 5.41) is 7.79. The highest BCUT2D eigenvalue weighted by molar-refractivity contribution is 6.13. The molecule has 3 heteroatoms. The molecule has 13 rings (SSSR count). The number of pyridine rings is 1. The molecule has 0 saturated carbocycles. The highest BCUT2D eigenvalue weighted by atomic mass is 15.2. The number of anilines is 3. The molecule has 0 aliphatic heterocycles. The van der Waals surface area contributed by atoms with Gasteiger partial charge >= 0.3 is 0 Å². The molecule has 2 aromatic heterocycles. The highest BCUT2D eigenvalue weighted by Crippen LogP contribution is 2.57. The van der Waals surface area contributed by atoms with Crippen molar-refractivity contribution in [1.82, 2.24) is 9.61 Å². The monoisotopic (exact) mass is 879 g/mol. The molecule has 0 radical (unpaired) electrons. The smallest absolute Gasteiger partial charge is 0.101 e. The predicted molar refractivity (Wildman–Crippen MR) is 286 cm³/mol. The number of hydrogen-bond donors (Lipinski definition) is 0. The fraction of sp³-hybridized carbons (Fsp3) is 0.0152. The molecule has 1 aliphatic rings. The van der Waals surface area contributed by atoms with Gasteiger partial charge in [0.05, 0.1) is 22.3 Å². The lowest BCUT2D eigenvalue weighted by Crippen LogP contribution is -2.28. The van der Waals surface area contributed by atoms with Gasteiger partial charge in [-0.15, -0.1) is 0 Å². The fourth-order valence-corrected chi connectivity index (χ4v) is 11.1. The molecule has 10 aromatic carbocycles. The summed E-state index contributed by atoms with van der Waals surface area (Å²) in [7, 11) is 0. The van der Waals surface area contributed by atoms with Gasteiger partial charge in [-0.2, -0.15) is 5.10 Å². The van der Waals surface area contributed by atoms with E-state index >= 15 is 0 Å². The summed E-state index contributed by atoms with van der Waals surface area (Å²) in [6.45, 7) is 0. The van der Waals surface area contributed by atoms with Crippen LogP contribution in [0.1, 0.15) is 22.3 Å². The van der Waals surface area contributed by atoms with Crippen LogP contribution in [0.4, 0.5) is 17.1 Å². The molecule has 0 unspecified atom stereocenters. The predicted octanol–water partition coefficient (Wildman–Crippen LogP) is 17.0. The number of hydrogen-bond acceptors (Lipinski definition) is 2. The van der Waals surface area contributed by atoms with E-state index in [1.54, 1.807) is 0 Å². The Bertz CT molecular complexity index is 3770. The van der Waals surface area contributed by atoms with E-state index in [1.165, 1.54) is 38.9 Å². The van der Waals surface area contributed by atoms with Gasteiger partial charge in [0, 0.05) is 38.8 Å². The van der Waals surface area contributed by atoms with Crippen LogP contribution in [0.5, 0.6) is 0 Å². The van der Waals surface area contributed by atoms with Gasteiger partial charge < -0.3 is 4.90 Å². The van der Waals surface area contributed by atoms with E-state index in [1.807, 2.05) is 0 Å². The van der Waals surface area contributed by atoms with E-state index in [0.29, 0.717) is 0 Å². The number of rotatable bonds is 9. The summed E-state index contributed by atoms with van der Waals surface area (Å²) in [4.78, 5) is 2.49. The molecular formula is C66H45N3. The molecule has 0 saturated heterocycles. The van der Waals surface area contributed by atoms with Gasteiger partial charge in [0.2, 0.25) is 0 Å². The average Bonchev–Trinajstić information content (AvgIpc) is 3.98. The maximum Gasteiger partial charge on any atom is 0.101 e. The second kappa shape index (κ2) is 16.7. The quantitative estimate of drug-likeness (QED) is 0.144. The van der Waals surface area contributed by atoms with E-state index in [2.05, 4.69) is 282 Å². The van der Waals surface area contributed by atoms with Crippen molar-refractivity contribution in [3.8, 4) is 55.9 Å². The van der Waals surface area contributed by atoms with E-state index in [0.717, 1.165) is 72.6 Å². The van der Waals surface area contributed by atoms with Crippen molar-refractivity contribution in [2.75, 3.05) is 4.90 Å². The van der Waals surface area contributed by atoms with Crippen LogP contribution in [0.3, 0.4) is 0 Å². The Kier molecular flexibility index (Phi) is 9.73. The summed E-state index contributed by atoms with van der Waals surface area (Å²) in [5.41, 5.74) is 19.9. The van der Waals surface area contributed by atoms with Crippen molar-refractivity contribution in [3.05, 3.63) is 295 Å². The first-order valence-electron chi connectivity index (χ1n) is 23.7. The minimum atomic E-state index is -0.566. The zero-order valence-electron chi connectivity index (χ0n) is 37.8. The van der Waals surface area contributed by atoms with Gasteiger partial charge in [-0.1, -0.05) is 237 Å². The lowest BCUT2D eigenvalue weighted by Gasteiger charge is -2.35. The summed E-state index contributed by atoms with van der Waals surface area (Å²) in [6, 6.07) is 99.3. The van der Waals surface area contributed by atoms with Crippen molar-refractivity contribution in [1.29, 1.82) is 0 Å². The Labute approximate surface area is 402 Å². The largest absolute Gasteiger partial charge is 0.310 e. The standard InChI is InChI=1S/C66H45N3/c1-7-23-46(24-8-1)50-31-21-36-53(43-50)68(54-41-42-56-55-37-19-20-39-59(55)66(60(56)44-54,51-32-15-5-16-33-51)52-34-17-6-18-35-52)61-40-22-38-57-58(61)45-62(47-25-9-2-10-26-47)69-65(57)63(48-27-11-3-12-28-48)64(67-69)49-29-13-4-14-30-49/h1-45H. The molecule has 12 aromatic rings. The van der Waals surface area contributed by atoms with Crippen molar-refractivity contribution in [3.63, 3.8) is 0 Å². The van der Waals surface area contributed by atoms with Gasteiger partial charge in [-0.05, 0) is 86.5 Å². The first-order valence-corrected chi connectivity index (χ1v) is 23.7. The fourth-order valence-electron chi connectivity index (χ4n) is 11.1. The van der Waals surface area contributed by atoms with Gasteiger partial charge in [-0.3, -0.25) is 0 Å². The Balaban J connectivity index is 1.14. The van der Waals surface area contributed by atoms with Crippen LogP contribution in [0, 0.1) is 0 Å². The molecule has 0 N–H and O–H groups in total. The second-order valence-electron chi connectivity index (χ2n) is 17.9. The van der Waals surface area contributed by atoms with Gasteiger partial charge in [0.25, 0.3) is 0 Å². The molecule has 0 atom stereocenters. The van der Waals surface area contributed by atoms with Crippen molar-refractivity contribution < 1.29 is 0 Å². The first-order chi connectivity index (χ1) is 34.3. The summed E-state index contributed by atoms with van der Waals surface area (Å²) >= 11 is 0. The molecule has 0 bridgehead atoms. The average molecular weight is 880 g/mol. The molecule has 69 heavy (non-hydrogen) atoms. The summed E-state index contributed by atoms with van der Waals surface area (Å²) in [5.74, 6) is 0. The molecular weight excluding hydrogens is 835 g/mol. The lowest BCUT2D eigenvalue weighted by molar-refractivity contribution is 0.768. The van der Waals surface area contributed by atoms with E-state index in [4.69, 9.17) is 5.10 Å². The summed E-state index contributed by atoms with van der Waals surface area (Å²) in [6.07, 6.45) is 0. The van der Waals surface area contributed by atoms with Gasteiger partial charge in [0.15, 0.2) is 0 Å². The third kappa shape index (κ3) is 6.54. The van der Waals surface area contributed by atoms with Crippen LogP contribution in [-0.2, 0) is 5.41 Å². The van der Waals surface area contributed by atoms with Gasteiger partial charge in [-0.25, -0.2) is 4.52 Å². The third-order valence-corrected chi connectivity index (χ3v) is 14.1. The Morgan fingerprint density at radius 3 is 1.54 bits per heavy atom. The molecule has 3 nitrogen and oxygen atoms in total. The molecule has 324 valence electrons. The number of benzene rings is 10. The Morgan fingerprint density at radius 1 is 0.348 bits per heavy atom. The molecule has 0 spiro atoms. The van der Waals surface area contributed by atoms with Crippen LogP contribution in [-0.4, -0.2) is 9.61 Å². The molecule has 1 aliphatic carbocycles. The van der Waals surface area contributed by atoms with E-state index in [9.17, 15) is 0 Å². The first kappa shape index (κ1) is 40.2. The van der Waals surface area contributed by atoms with Crippen molar-refractivity contribution >= 4 is 33.4 Å². The van der Waals surface area contributed by atoms with E-state index in [-0.39, 0.29) is 0 Å². The Hall–Kier alpha value is -9.05. The van der Waals surface area contributed by atoms with Crippen LogP contribution >= 0.6 is 0 Å². The van der Waals surface area contributed by atoms with Gasteiger partial charge in [0.1, 0.15) is 5.69 Å². The lowest BCUT2D eigenvalue weighted by atomic mass is 9.67. The normalized spacial score (nSPS) is 12.5. The topological polar surface area (TPSA) is 20.5 Å². The minimum Gasteiger partial charge on any atom is -0.310 e. The summed E-state index contributed by atoms with van der Waals surface area (Å²) < 4.78 is 2.19. The number of nitrogens with zero attached hydrogens (tertiary/aromatic N) is 3. The second-order valence-corrected chi connectivity index (χ2v) is 17.9. The maximum absolute atomic E-state index is 5.56. The maximum atomic E-state index is 5.56. The van der Waals surface area contributed by atoms with Crippen molar-refractivity contribution in [2.24, 2.45) is 0 Å². The molecule has 0 fully saturated rings. The van der Waals surface area contributed by atoms with E-state index < -0.39 is 5.41 Å². The number of fused-ring (bicyclic) bond motifs is 6.